The van der Waals surface area contributed by atoms with E-state index in [2.05, 4.69) is 14.9 Å². The third-order valence-electron chi connectivity index (χ3n) is 4.88. The van der Waals surface area contributed by atoms with E-state index in [0.717, 1.165) is 34.7 Å². The Kier molecular flexibility index (Phi) is 4.20. The molecule has 2 aromatic heterocycles. The smallest absolute Gasteiger partial charge is 0.321 e. The molecule has 3 aromatic rings. The maximum absolute atomic E-state index is 12.6. The molecule has 134 valence electrons. The van der Waals surface area contributed by atoms with E-state index in [0.29, 0.717) is 13.1 Å². The first kappa shape index (κ1) is 16.4. The molecule has 1 aromatic carbocycles. The molecule has 0 spiro atoms. The summed E-state index contributed by atoms with van der Waals surface area (Å²) in [7, 11) is 3.61. The Bertz CT molecular complexity index is 952. The second-order valence-electron chi connectivity index (χ2n) is 6.49. The third kappa shape index (κ3) is 2.96. The zero-order valence-electron chi connectivity index (χ0n) is 14.8. The SMILES string of the molecule is COc1cccc(NC(=O)N2CCC(c3nc4ccncc4n3C)C2)c1. The van der Waals surface area contributed by atoms with Crippen molar-refractivity contribution in [1.82, 2.24) is 19.4 Å². The van der Waals surface area contributed by atoms with Crippen LogP contribution in [-0.4, -0.2) is 45.7 Å². The van der Waals surface area contributed by atoms with E-state index in [-0.39, 0.29) is 11.9 Å². The monoisotopic (exact) mass is 351 g/mol. The third-order valence-corrected chi connectivity index (χ3v) is 4.88. The Labute approximate surface area is 151 Å². The van der Waals surface area contributed by atoms with E-state index in [1.165, 1.54) is 0 Å². The number of rotatable bonds is 3. The number of ether oxygens (including phenoxy) is 1. The Morgan fingerprint density at radius 1 is 1.35 bits per heavy atom. The lowest BCUT2D eigenvalue weighted by molar-refractivity contribution is 0.222. The Morgan fingerprint density at radius 3 is 3.04 bits per heavy atom. The summed E-state index contributed by atoms with van der Waals surface area (Å²) in [6, 6.07) is 9.19. The molecule has 4 rings (SSSR count). The zero-order valence-corrected chi connectivity index (χ0v) is 14.8. The molecule has 1 saturated heterocycles. The first-order valence-corrected chi connectivity index (χ1v) is 8.62. The number of carbonyl (C=O) groups is 1. The van der Waals surface area contributed by atoms with Gasteiger partial charge in [0.25, 0.3) is 0 Å². The van der Waals surface area contributed by atoms with Crippen LogP contribution in [0, 0.1) is 0 Å². The molecule has 1 N–H and O–H groups in total. The Hall–Kier alpha value is -3.09. The molecule has 1 unspecified atom stereocenters. The molecule has 0 radical (unpaired) electrons. The van der Waals surface area contributed by atoms with Gasteiger partial charge in [-0.2, -0.15) is 0 Å². The number of amides is 2. The first-order valence-electron chi connectivity index (χ1n) is 8.62. The molecule has 0 aliphatic carbocycles. The van der Waals surface area contributed by atoms with Crippen molar-refractivity contribution in [1.29, 1.82) is 0 Å². The van der Waals surface area contributed by atoms with Crippen LogP contribution in [0.1, 0.15) is 18.2 Å². The molecule has 1 atom stereocenters. The van der Waals surface area contributed by atoms with Gasteiger partial charge in [0.05, 0.1) is 24.3 Å². The van der Waals surface area contributed by atoms with Gasteiger partial charge in [0.15, 0.2) is 0 Å². The van der Waals surface area contributed by atoms with E-state index in [9.17, 15) is 4.79 Å². The largest absolute Gasteiger partial charge is 0.497 e. The average molecular weight is 351 g/mol. The van der Waals surface area contributed by atoms with Crippen LogP contribution >= 0.6 is 0 Å². The minimum atomic E-state index is -0.0961. The minimum Gasteiger partial charge on any atom is -0.497 e. The average Bonchev–Trinajstić information content (AvgIpc) is 3.27. The van der Waals surface area contributed by atoms with Crippen LogP contribution in [-0.2, 0) is 7.05 Å². The highest BCUT2D eigenvalue weighted by atomic mass is 16.5. The predicted octanol–water partition coefficient (Wildman–Crippen LogP) is 3.00. The number of aromatic nitrogens is 3. The van der Waals surface area contributed by atoms with Crippen molar-refractivity contribution in [2.45, 2.75) is 12.3 Å². The summed E-state index contributed by atoms with van der Waals surface area (Å²) < 4.78 is 7.28. The van der Waals surface area contributed by atoms with Gasteiger partial charge in [-0.1, -0.05) is 6.07 Å². The van der Waals surface area contributed by atoms with Crippen LogP contribution in [0.2, 0.25) is 0 Å². The van der Waals surface area contributed by atoms with Crippen molar-refractivity contribution in [2.24, 2.45) is 7.05 Å². The number of carbonyl (C=O) groups excluding carboxylic acids is 1. The number of urea groups is 1. The molecular weight excluding hydrogens is 330 g/mol. The highest BCUT2D eigenvalue weighted by Gasteiger charge is 2.30. The van der Waals surface area contributed by atoms with Crippen molar-refractivity contribution < 1.29 is 9.53 Å². The number of pyridine rings is 1. The molecule has 7 heteroatoms. The van der Waals surface area contributed by atoms with Crippen LogP contribution in [0.15, 0.2) is 42.7 Å². The van der Waals surface area contributed by atoms with E-state index in [4.69, 9.17) is 9.72 Å². The fraction of sp³-hybridized carbons (Fsp3) is 0.316. The maximum Gasteiger partial charge on any atom is 0.321 e. The van der Waals surface area contributed by atoms with Crippen LogP contribution < -0.4 is 10.1 Å². The molecule has 2 amide bonds. The van der Waals surface area contributed by atoms with Gasteiger partial charge >= 0.3 is 6.03 Å². The summed E-state index contributed by atoms with van der Waals surface area (Å²) in [5.74, 6) is 1.95. The maximum atomic E-state index is 12.6. The molecule has 7 nitrogen and oxygen atoms in total. The lowest BCUT2D eigenvalue weighted by Gasteiger charge is -2.17. The Morgan fingerprint density at radius 2 is 2.23 bits per heavy atom. The van der Waals surface area contributed by atoms with Crippen molar-refractivity contribution >= 4 is 22.8 Å². The summed E-state index contributed by atoms with van der Waals surface area (Å²) in [4.78, 5) is 23.3. The van der Waals surface area contributed by atoms with Gasteiger partial charge in [0.2, 0.25) is 0 Å². The molecule has 1 aliphatic heterocycles. The molecular formula is C19H21N5O2. The van der Waals surface area contributed by atoms with E-state index >= 15 is 0 Å². The predicted molar refractivity (Wildman–Crippen MR) is 99.5 cm³/mol. The molecule has 0 saturated carbocycles. The van der Waals surface area contributed by atoms with Crippen molar-refractivity contribution in [3.63, 3.8) is 0 Å². The number of hydrogen-bond acceptors (Lipinski definition) is 4. The molecule has 0 bridgehead atoms. The highest BCUT2D eigenvalue weighted by Crippen LogP contribution is 2.29. The fourth-order valence-corrected chi connectivity index (χ4v) is 3.48. The van der Waals surface area contributed by atoms with Crippen molar-refractivity contribution in [2.75, 3.05) is 25.5 Å². The topological polar surface area (TPSA) is 72.3 Å². The number of imidazole rings is 1. The quantitative estimate of drug-likeness (QED) is 0.787. The number of benzene rings is 1. The fourth-order valence-electron chi connectivity index (χ4n) is 3.48. The standard InChI is InChI=1S/C19H21N5O2/c1-23-17-11-20-8-6-16(17)22-18(23)13-7-9-24(12-13)19(25)21-14-4-3-5-15(10-14)26-2/h3-6,8,10-11,13H,7,9,12H2,1-2H3,(H,21,25). The van der Waals surface area contributed by atoms with Crippen LogP contribution in [0.4, 0.5) is 10.5 Å². The minimum absolute atomic E-state index is 0.0961. The van der Waals surface area contributed by atoms with Crippen molar-refractivity contribution in [3.05, 3.63) is 48.5 Å². The lowest BCUT2D eigenvalue weighted by Crippen LogP contribution is -2.33. The first-order chi connectivity index (χ1) is 12.7. The summed E-state index contributed by atoms with van der Waals surface area (Å²) in [5, 5.41) is 2.94. The number of fused-ring (bicyclic) bond motifs is 1. The number of aryl methyl sites for hydroxylation is 1. The number of nitrogens with zero attached hydrogens (tertiary/aromatic N) is 4. The lowest BCUT2D eigenvalue weighted by atomic mass is 10.1. The molecule has 1 aliphatic rings. The van der Waals surface area contributed by atoms with Gasteiger partial charge in [-0.15, -0.1) is 0 Å². The van der Waals surface area contributed by atoms with E-state index in [1.54, 1.807) is 13.3 Å². The Balaban J connectivity index is 1.47. The second kappa shape index (κ2) is 6.67. The van der Waals surface area contributed by atoms with Gasteiger partial charge < -0.3 is 19.5 Å². The number of anilines is 1. The van der Waals surface area contributed by atoms with Gasteiger partial charge in [0, 0.05) is 44.0 Å². The van der Waals surface area contributed by atoms with E-state index in [1.807, 2.05) is 48.5 Å². The summed E-state index contributed by atoms with van der Waals surface area (Å²) in [6.07, 6.45) is 4.48. The molecule has 3 heterocycles. The molecule has 26 heavy (non-hydrogen) atoms. The number of likely N-dealkylation sites (tertiary alicyclic amines) is 1. The van der Waals surface area contributed by atoms with Crippen LogP contribution in [0.5, 0.6) is 5.75 Å². The summed E-state index contributed by atoms with van der Waals surface area (Å²) in [5.41, 5.74) is 2.69. The molecule has 1 fully saturated rings. The summed E-state index contributed by atoms with van der Waals surface area (Å²) >= 11 is 0. The zero-order chi connectivity index (χ0) is 18.1. The van der Waals surface area contributed by atoms with Gasteiger partial charge in [-0.25, -0.2) is 9.78 Å². The number of hydrogen-bond donors (Lipinski definition) is 1. The van der Waals surface area contributed by atoms with E-state index < -0.39 is 0 Å². The van der Waals surface area contributed by atoms with Gasteiger partial charge in [-0.3, -0.25) is 4.98 Å². The van der Waals surface area contributed by atoms with Crippen LogP contribution in [0.25, 0.3) is 11.0 Å². The normalized spacial score (nSPS) is 16.8. The van der Waals surface area contributed by atoms with Crippen molar-refractivity contribution in [3.8, 4) is 5.75 Å². The number of nitrogens with one attached hydrogen (secondary N) is 1. The summed E-state index contributed by atoms with van der Waals surface area (Å²) in [6.45, 7) is 1.36. The van der Waals surface area contributed by atoms with Gasteiger partial charge in [0.1, 0.15) is 11.6 Å². The number of methoxy groups -OCH3 is 1. The van der Waals surface area contributed by atoms with Gasteiger partial charge in [-0.05, 0) is 24.6 Å². The highest BCUT2D eigenvalue weighted by molar-refractivity contribution is 5.89. The van der Waals surface area contributed by atoms with Crippen LogP contribution in [0.3, 0.4) is 0 Å². The second-order valence-corrected chi connectivity index (χ2v) is 6.49.